The van der Waals surface area contributed by atoms with Gasteiger partial charge in [-0.1, -0.05) is 29.8 Å². The number of rotatable bonds is 3. The molecule has 1 fully saturated rings. The maximum Gasteiger partial charge on any atom is 0.271 e. The predicted octanol–water partition coefficient (Wildman–Crippen LogP) is 5.14. The lowest BCUT2D eigenvalue weighted by atomic mass is 10.3. The van der Waals surface area contributed by atoms with E-state index in [0.717, 1.165) is 5.69 Å². The fraction of sp³-hybridized carbons (Fsp3) is 0. The normalized spacial score (nSPS) is 17.4. The Kier molecular flexibility index (Phi) is 4.60. The number of hydrogen-bond acceptors (Lipinski definition) is 5. The van der Waals surface area contributed by atoms with Crippen LogP contribution in [0.4, 0.5) is 11.4 Å². The van der Waals surface area contributed by atoms with Gasteiger partial charge in [-0.05, 0) is 48.2 Å². The second-order valence-electron chi connectivity index (χ2n) is 5.31. The van der Waals surface area contributed by atoms with Gasteiger partial charge in [0.1, 0.15) is 11.4 Å². The number of nitrogens with zero attached hydrogens (tertiary/aromatic N) is 3. The number of pyridine rings is 1. The van der Waals surface area contributed by atoms with Crippen LogP contribution < -0.4 is 4.90 Å². The molecule has 0 saturated carbocycles. The average Bonchev–Trinajstić information content (AvgIpc) is 3.27. The minimum absolute atomic E-state index is 0.170. The van der Waals surface area contributed by atoms with Crippen molar-refractivity contribution < 1.29 is 9.21 Å². The zero-order valence-electron chi connectivity index (χ0n) is 13.4. The first kappa shape index (κ1) is 16.6. The number of amides is 1. The molecule has 7 heteroatoms. The van der Waals surface area contributed by atoms with Crippen molar-refractivity contribution in [2.75, 3.05) is 4.90 Å². The Balaban J connectivity index is 1.80. The van der Waals surface area contributed by atoms with Crippen LogP contribution in [0.25, 0.3) is 6.08 Å². The molecule has 1 aliphatic heterocycles. The average molecular weight is 382 g/mol. The molecule has 0 unspecified atom stereocenters. The fourth-order valence-corrected chi connectivity index (χ4v) is 3.56. The van der Waals surface area contributed by atoms with Crippen LogP contribution in [0.1, 0.15) is 5.76 Å². The highest BCUT2D eigenvalue weighted by atomic mass is 35.5. The van der Waals surface area contributed by atoms with Gasteiger partial charge in [-0.3, -0.25) is 9.69 Å². The number of halogens is 1. The molecule has 2 aromatic heterocycles. The van der Waals surface area contributed by atoms with Crippen molar-refractivity contribution in [3.05, 3.63) is 82.9 Å². The monoisotopic (exact) mass is 381 g/mol. The number of benzene rings is 1. The molecular weight excluding hydrogens is 370 g/mol. The lowest BCUT2D eigenvalue weighted by molar-refractivity contribution is -0.113. The van der Waals surface area contributed by atoms with E-state index in [1.807, 2.05) is 30.3 Å². The van der Waals surface area contributed by atoms with E-state index in [2.05, 4.69) is 9.98 Å². The number of aliphatic imine (C=N–C) groups is 1. The second-order valence-corrected chi connectivity index (χ2v) is 6.68. The van der Waals surface area contributed by atoms with Crippen LogP contribution in [-0.4, -0.2) is 16.1 Å². The van der Waals surface area contributed by atoms with Crippen LogP contribution in [-0.2, 0) is 4.79 Å². The Labute approximate surface area is 159 Å². The Morgan fingerprint density at radius 1 is 1.12 bits per heavy atom. The lowest BCUT2D eigenvalue weighted by Gasteiger charge is -2.15. The summed E-state index contributed by atoms with van der Waals surface area (Å²) in [5.41, 5.74) is 1.23. The van der Waals surface area contributed by atoms with Gasteiger partial charge in [0.15, 0.2) is 10.3 Å². The van der Waals surface area contributed by atoms with E-state index in [0.29, 0.717) is 21.5 Å². The summed E-state index contributed by atoms with van der Waals surface area (Å²) in [4.78, 5) is 23.7. The molecule has 1 saturated heterocycles. The van der Waals surface area contributed by atoms with Crippen LogP contribution in [0.15, 0.2) is 81.4 Å². The largest absolute Gasteiger partial charge is 0.465 e. The molecule has 128 valence electrons. The number of hydrogen-bond donors (Lipinski definition) is 0. The molecular formula is C19H12ClN3O2S. The smallest absolute Gasteiger partial charge is 0.271 e. The van der Waals surface area contributed by atoms with Crippen LogP contribution in [0.3, 0.4) is 0 Å². The van der Waals surface area contributed by atoms with Crippen LogP contribution in [0.2, 0.25) is 5.15 Å². The van der Waals surface area contributed by atoms with Crippen molar-refractivity contribution in [3.8, 4) is 0 Å². The number of aromatic nitrogens is 1. The van der Waals surface area contributed by atoms with Gasteiger partial charge in [0.2, 0.25) is 0 Å². The molecule has 5 nitrogen and oxygen atoms in total. The summed E-state index contributed by atoms with van der Waals surface area (Å²) in [6, 6.07) is 16.4. The quantitative estimate of drug-likeness (QED) is 0.465. The number of anilines is 1. The SMILES string of the molecule is O=C1/C(=C\c2ccco2)SC(=Nc2cccnc2Cl)N1c1ccccc1. The van der Waals surface area contributed by atoms with Crippen molar-refractivity contribution in [2.24, 2.45) is 4.99 Å². The fourth-order valence-electron chi connectivity index (χ4n) is 2.42. The van der Waals surface area contributed by atoms with Crippen molar-refractivity contribution in [1.82, 2.24) is 4.98 Å². The van der Waals surface area contributed by atoms with Crippen molar-refractivity contribution in [1.29, 1.82) is 0 Å². The van der Waals surface area contributed by atoms with Gasteiger partial charge in [-0.2, -0.15) is 0 Å². The Morgan fingerprint density at radius 2 is 1.96 bits per heavy atom. The maximum atomic E-state index is 13.0. The van der Waals surface area contributed by atoms with Gasteiger partial charge in [0.05, 0.1) is 16.9 Å². The zero-order chi connectivity index (χ0) is 17.9. The topological polar surface area (TPSA) is 58.7 Å². The second kappa shape index (κ2) is 7.19. The van der Waals surface area contributed by atoms with Crippen molar-refractivity contribution >= 4 is 51.9 Å². The van der Waals surface area contributed by atoms with Gasteiger partial charge < -0.3 is 4.42 Å². The first-order valence-electron chi connectivity index (χ1n) is 7.74. The molecule has 3 aromatic rings. The Bertz CT molecular complexity index is 1000. The van der Waals surface area contributed by atoms with E-state index in [9.17, 15) is 4.79 Å². The molecule has 1 aromatic carbocycles. The summed E-state index contributed by atoms with van der Waals surface area (Å²) < 4.78 is 5.33. The molecule has 4 rings (SSSR count). The molecule has 0 bridgehead atoms. The highest BCUT2D eigenvalue weighted by molar-refractivity contribution is 8.19. The first-order chi connectivity index (χ1) is 12.7. The number of thioether (sulfide) groups is 1. The Hall–Kier alpha value is -2.83. The number of furan rings is 1. The summed E-state index contributed by atoms with van der Waals surface area (Å²) in [6.07, 6.45) is 4.86. The van der Waals surface area contributed by atoms with Gasteiger partial charge in [0.25, 0.3) is 5.91 Å². The lowest BCUT2D eigenvalue weighted by Crippen LogP contribution is -2.28. The molecule has 26 heavy (non-hydrogen) atoms. The number of carbonyl (C=O) groups is 1. The van der Waals surface area contributed by atoms with Gasteiger partial charge >= 0.3 is 0 Å². The molecule has 0 aliphatic carbocycles. The number of carbonyl (C=O) groups excluding carboxylic acids is 1. The summed E-state index contributed by atoms with van der Waals surface area (Å²) in [5, 5.41) is 0.790. The molecule has 3 heterocycles. The van der Waals surface area contributed by atoms with Crippen LogP contribution in [0.5, 0.6) is 0 Å². The highest BCUT2D eigenvalue weighted by Gasteiger charge is 2.35. The predicted molar refractivity (Wildman–Crippen MR) is 105 cm³/mol. The third kappa shape index (κ3) is 3.29. The van der Waals surface area contributed by atoms with Crippen molar-refractivity contribution in [2.45, 2.75) is 0 Å². The van der Waals surface area contributed by atoms with Crippen LogP contribution >= 0.6 is 23.4 Å². The van der Waals surface area contributed by atoms with Crippen molar-refractivity contribution in [3.63, 3.8) is 0 Å². The summed E-state index contributed by atoms with van der Waals surface area (Å²) in [6.45, 7) is 0. The maximum absolute atomic E-state index is 13.0. The zero-order valence-corrected chi connectivity index (χ0v) is 14.9. The highest BCUT2D eigenvalue weighted by Crippen LogP contribution is 2.38. The van der Waals surface area contributed by atoms with Gasteiger partial charge in [-0.15, -0.1) is 0 Å². The minimum Gasteiger partial charge on any atom is -0.465 e. The summed E-state index contributed by atoms with van der Waals surface area (Å²) in [7, 11) is 0. The number of para-hydroxylation sites is 1. The van der Waals surface area contributed by atoms with E-state index in [1.165, 1.54) is 11.8 Å². The van der Waals surface area contributed by atoms with Gasteiger partial charge in [-0.25, -0.2) is 9.98 Å². The molecule has 1 amide bonds. The molecule has 0 radical (unpaired) electrons. The number of amidine groups is 1. The van der Waals surface area contributed by atoms with Crippen LogP contribution in [0, 0.1) is 0 Å². The standard InChI is InChI=1S/C19H12ClN3O2S/c20-17-15(9-4-10-21-17)22-19-23(13-6-2-1-3-7-13)18(24)16(26-19)12-14-8-5-11-25-14/h1-12H/b16-12+,22-19?. The molecule has 0 N–H and O–H groups in total. The summed E-state index contributed by atoms with van der Waals surface area (Å²) in [5.74, 6) is 0.436. The van der Waals surface area contributed by atoms with E-state index >= 15 is 0 Å². The van der Waals surface area contributed by atoms with E-state index in [1.54, 1.807) is 47.7 Å². The van der Waals surface area contributed by atoms with E-state index in [-0.39, 0.29) is 11.1 Å². The van der Waals surface area contributed by atoms with E-state index < -0.39 is 0 Å². The molecule has 0 spiro atoms. The van der Waals surface area contributed by atoms with E-state index in [4.69, 9.17) is 16.0 Å². The third-order valence-corrected chi connectivity index (χ3v) is 4.85. The first-order valence-corrected chi connectivity index (χ1v) is 8.93. The van der Waals surface area contributed by atoms with Gasteiger partial charge in [0, 0.05) is 12.3 Å². The summed E-state index contributed by atoms with van der Waals surface area (Å²) >= 11 is 7.39. The molecule has 1 aliphatic rings. The third-order valence-electron chi connectivity index (χ3n) is 3.59. The molecule has 0 atom stereocenters. The Morgan fingerprint density at radius 3 is 2.69 bits per heavy atom. The minimum atomic E-state index is -0.170.